The maximum Gasteiger partial charge on any atom is 0.352 e. The summed E-state index contributed by atoms with van der Waals surface area (Å²) in [5, 5.41) is 15.4. The minimum absolute atomic E-state index is 0.0536. The number of fused-ring (bicyclic) bond motifs is 1. The highest BCUT2D eigenvalue weighted by molar-refractivity contribution is 8.00. The third-order valence-corrected chi connectivity index (χ3v) is 7.17. The summed E-state index contributed by atoms with van der Waals surface area (Å²) in [4.78, 5) is 50.2. The number of β-lactam (4-membered cyclic amide) rings is 1. The molecule has 0 spiro atoms. The van der Waals surface area contributed by atoms with Crippen molar-refractivity contribution in [3.63, 3.8) is 0 Å². The zero-order valence-corrected chi connectivity index (χ0v) is 18.6. The molecule has 2 aliphatic heterocycles. The Hall–Kier alpha value is -3.51. The molecule has 2 aromatic rings. The van der Waals surface area contributed by atoms with Crippen LogP contribution in [0.2, 0.25) is 0 Å². The first-order chi connectivity index (χ1) is 15.8. The molecule has 2 aliphatic rings. The van der Waals surface area contributed by atoms with Crippen molar-refractivity contribution < 1.29 is 28.8 Å². The Morgan fingerprint density at radius 3 is 2.73 bits per heavy atom. The van der Waals surface area contributed by atoms with Crippen LogP contribution in [-0.2, 0) is 14.4 Å². The van der Waals surface area contributed by atoms with E-state index in [-0.39, 0.29) is 28.8 Å². The lowest BCUT2D eigenvalue weighted by Crippen LogP contribution is -2.70. The summed E-state index contributed by atoms with van der Waals surface area (Å²) in [5.74, 6) is -2.13. The molecule has 3 heterocycles. The zero-order chi connectivity index (χ0) is 23.5. The SMILES string of the molecule is NC(=O)c1cc(/C=C/C2=C(C(=O)O)N3C(=O)[C@@H](NC(=O)CSc4ccccc4)[C@H]3SC2)on1. The lowest BCUT2D eigenvalue weighted by Gasteiger charge is -2.49. The Labute approximate surface area is 196 Å². The third kappa shape index (κ3) is 4.81. The van der Waals surface area contributed by atoms with Crippen LogP contribution in [0, 0.1) is 0 Å². The molecule has 10 nitrogen and oxygen atoms in total. The van der Waals surface area contributed by atoms with Gasteiger partial charge in [-0.3, -0.25) is 19.3 Å². The second kappa shape index (κ2) is 9.55. The number of benzene rings is 1. The number of aromatic nitrogens is 1. The Bertz CT molecular complexity index is 1180. The molecule has 0 radical (unpaired) electrons. The highest BCUT2D eigenvalue weighted by atomic mass is 32.2. The Kier molecular flexibility index (Phi) is 6.56. The predicted octanol–water partition coefficient (Wildman–Crippen LogP) is 1.32. The van der Waals surface area contributed by atoms with E-state index in [1.54, 1.807) is 0 Å². The predicted molar refractivity (Wildman–Crippen MR) is 121 cm³/mol. The molecule has 33 heavy (non-hydrogen) atoms. The van der Waals surface area contributed by atoms with Gasteiger partial charge < -0.3 is 20.7 Å². The van der Waals surface area contributed by atoms with Crippen LogP contribution in [0.1, 0.15) is 16.2 Å². The lowest BCUT2D eigenvalue weighted by molar-refractivity contribution is -0.150. The standard InChI is InChI=1S/C21H18N4O6S2/c22-18(27)14-8-12(31-24-14)7-6-11-9-33-20-16(19(28)25(20)17(11)21(29)30)23-15(26)10-32-13-4-2-1-3-5-13/h1-8,16,20H,9-10H2,(H2,22,27)(H,23,26)(H,29,30)/b7-6+/t16-,20-/m1/s1. The summed E-state index contributed by atoms with van der Waals surface area (Å²) in [6, 6.07) is 9.94. The molecule has 4 rings (SSSR count). The van der Waals surface area contributed by atoms with Crippen LogP contribution in [0.5, 0.6) is 0 Å². The number of allylic oxidation sites excluding steroid dienone is 1. The summed E-state index contributed by atoms with van der Waals surface area (Å²) in [7, 11) is 0. The molecule has 4 N–H and O–H groups in total. The van der Waals surface area contributed by atoms with Crippen LogP contribution in [-0.4, -0.2) is 61.8 Å². The van der Waals surface area contributed by atoms with Gasteiger partial charge in [0.1, 0.15) is 17.1 Å². The van der Waals surface area contributed by atoms with Crippen molar-refractivity contribution >= 4 is 53.3 Å². The van der Waals surface area contributed by atoms with Gasteiger partial charge in [-0.2, -0.15) is 0 Å². The van der Waals surface area contributed by atoms with Crippen LogP contribution < -0.4 is 11.1 Å². The number of aliphatic carboxylic acids is 1. The first-order valence-electron chi connectivity index (χ1n) is 9.68. The maximum atomic E-state index is 12.7. The molecular formula is C21H18N4O6S2. The van der Waals surface area contributed by atoms with Crippen LogP contribution in [0.4, 0.5) is 0 Å². The second-order valence-corrected chi connectivity index (χ2v) is 9.20. The fourth-order valence-electron chi connectivity index (χ4n) is 3.32. The minimum atomic E-state index is -1.26. The van der Waals surface area contributed by atoms with E-state index in [4.69, 9.17) is 10.3 Å². The van der Waals surface area contributed by atoms with Gasteiger partial charge in [-0.1, -0.05) is 29.4 Å². The molecule has 1 aromatic carbocycles. The smallest absolute Gasteiger partial charge is 0.352 e. The number of nitrogens with two attached hydrogens (primary N) is 1. The number of nitrogens with zero attached hydrogens (tertiary/aromatic N) is 2. The van der Waals surface area contributed by atoms with Crippen molar-refractivity contribution in [2.24, 2.45) is 5.73 Å². The highest BCUT2D eigenvalue weighted by Crippen LogP contribution is 2.40. The fourth-order valence-corrected chi connectivity index (χ4v) is 5.37. The number of carboxylic acids is 1. The molecule has 170 valence electrons. The van der Waals surface area contributed by atoms with Crippen molar-refractivity contribution in [3.05, 3.63) is 65.2 Å². The quantitative estimate of drug-likeness (QED) is 0.370. The number of carbonyl (C=O) groups is 4. The topological polar surface area (TPSA) is 156 Å². The van der Waals surface area contributed by atoms with Gasteiger partial charge in [0.25, 0.3) is 11.8 Å². The number of thioether (sulfide) groups is 2. The highest BCUT2D eigenvalue weighted by Gasteiger charge is 2.53. The summed E-state index contributed by atoms with van der Waals surface area (Å²) in [6.45, 7) is 0. The fraction of sp³-hybridized carbons (Fsp3) is 0.190. The van der Waals surface area contributed by atoms with Crippen molar-refractivity contribution in [3.8, 4) is 0 Å². The largest absolute Gasteiger partial charge is 0.477 e. The lowest BCUT2D eigenvalue weighted by atomic mass is 10.0. The molecule has 1 aromatic heterocycles. The van der Waals surface area contributed by atoms with Crippen LogP contribution in [0.25, 0.3) is 6.08 Å². The molecule has 1 saturated heterocycles. The van der Waals surface area contributed by atoms with Crippen LogP contribution >= 0.6 is 23.5 Å². The zero-order valence-electron chi connectivity index (χ0n) is 17.0. The molecule has 1 fully saturated rings. The summed E-state index contributed by atoms with van der Waals surface area (Å²) in [5.41, 5.74) is 5.31. The average Bonchev–Trinajstić information content (AvgIpc) is 3.29. The molecule has 0 unspecified atom stereocenters. The molecule has 3 amide bonds. The number of hydrogen-bond donors (Lipinski definition) is 3. The summed E-state index contributed by atoms with van der Waals surface area (Å²) >= 11 is 2.70. The van der Waals surface area contributed by atoms with Gasteiger partial charge in [0.15, 0.2) is 11.5 Å². The van der Waals surface area contributed by atoms with E-state index in [1.807, 2.05) is 30.3 Å². The minimum Gasteiger partial charge on any atom is -0.477 e. The first-order valence-corrected chi connectivity index (χ1v) is 11.7. The summed E-state index contributed by atoms with van der Waals surface area (Å²) in [6.07, 6.45) is 2.94. The van der Waals surface area contributed by atoms with Gasteiger partial charge in [-0.15, -0.1) is 23.5 Å². The van der Waals surface area contributed by atoms with Gasteiger partial charge in [-0.25, -0.2) is 4.79 Å². The molecule has 2 atom stereocenters. The first kappa shape index (κ1) is 22.7. The number of primary amides is 1. The Balaban J connectivity index is 1.43. The van der Waals surface area contributed by atoms with Gasteiger partial charge in [0.05, 0.1) is 5.75 Å². The van der Waals surface area contributed by atoms with E-state index < -0.39 is 29.2 Å². The van der Waals surface area contributed by atoms with E-state index in [0.717, 1.165) is 4.90 Å². The van der Waals surface area contributed by atoms with Gasteiger partial charge in [-0.05, 0) is 23.8 Å². The number of carboxylic acid groups (broad SMARTS) is 1. The third-order valence-electron chi connectivity index (χ3n) is 4.86. The number of hydrogen-bond acceptors (Lipinski definition) is 8. The normalized spacial score (nSPS) is 19.9. The van der Waals surface area contributed by atoms with E-state index in [2.05, 4.69) is 10.5 Å². The van der Waals surface area contributed by atoms with Gasteiger partial charge >= 0.3 is 5.97 Å². The Morgan fingerprint density at radius 1 is 1.30 bits per heavy atom. The van der Waals surface area contributed by atoms with Crippen LogP contribution in [0.15, 0.2) is 63.2 Å². The average molecular weight is 487 g/mol. The number of carbonyl (C=O) groups excluding carboxylic acids is 3. The summed E-state index contributed by atoms with van der Waals surface area (Å²) < 4.78 is 4.97. The second-order valence-electron chi connectivity index (χ2n) is 7.05. The number of rotatable bonds is 8. The molecule has 0 aliphatic carbocycles. The van der Waals surface area contributed by atoms with E-state index in [0.29, 0.717) is 11.3 Å². The van der Waals surface area contributed by atoms with Gasteiger partial charge in [0, 0.05) is 16.7 Å². The van der Waals surface area contributed by atoms with E-state index in [9.17, 15) is 24.3 Å². The maximum absolute atomic E-state index is 12.7. The molecule has 12 heteroatoms. The number of nitrogens with one attached hydrogen (secondary N) is 1. The van der Waals surface area contributed by atoms with Crippen molar-refractivity contribution in [1.29, 1.82) is 0 Å². The van der Waals surface area contributed by atoms with Crippen molar-refractivity contribution in [1.82, 2.24) is 15.4 Å². The van der Waals surface area contributed by atoms with Crippen LogP contribution in [0.3, 0.4) is 0 Å². The number of amides is 3. The van der Waals surface area contributed by atoms with E-state index >= 15 is 0 Å². The molecule has 0 bridgehead atoms. The Morgan fingerprint density at radius 2 is 2.06 bits per heavy atom. The molecule has 0 saturated carbocycles. The monoisotopic (exact) mass is 486 g/mol. The van der Waals surface area contributed by atoms with E-state index in [1.165, 1.54) is 46.6 Å². The van der Waals surface area contributed by atoms with Gasteiger partial charge in [0.2, 0.25) is 5.91 Å². The van der Waals surface area contributed by atoms with Crippen molar-refractivity contribution in [2.45, 2.75) is 16.3 Å². The molecular weight excluding hydrogens is 468 g/mol. The van der Waals surface area contributed by atoms with Crippen molar-refractivity contribution in [2.75, 3.05) is 11.5 Å².